The Balaban J connectivity index is 1.94. The number of aromatic nitrogens is 2. The Labute approximate surface area is 142 Å². The second kappa shape index (κ2) is 6.76. The summed E-state index contributed by atoms with van der Waals surface area (Å²) < 4.78 is 26.6. The summed E-state index contributed by atoms with van der Waals surface area (Å²) in [5.41, 5.74) is 0.840. The molecule has 2 aromatic carbocycles. The minimum absolute atomic E-state index is 0.0273. The summed E-state index contributed by atoms with van der Waals surface area (Å²) in [6.45, 7) is 2.54. The molecule has 0 radical (unpaired) electrons. The normalized spacial score (nSPS) is 10.8. The van der Waals surface area contributed by atoms with Gasteiger partial charge in [0.1, 0.15) is 17.9 Å². The van der Waals surface area contributed by atoms with E-state index >= 15 is 0 Å². The van der Waals surface area contributed by atoms with Crippen molar-refractivity contribution in [1.82, 2.24) is 9.55 Å². The fourth-order valence-corrected chi connectivity index (χ4v) is 2.66. The summed E-state index contributed by atoms with van der Waals surface area (Å²) in [6.07, 6.45) is 0. The summed E-state index contributed by atoms with van der Waals surface area (Å²) in [7, 11) is 1.45. The first kappa shape index (κ1) is 16.7. The fourth-order valence-electron chi connectivity index (χ4n) is 2.66. The van der Waals surface area contributed by atoms with Gasteiger partial charge in [0.15, 0.2) is 17.3 Å². The lowest BCUT2D eigenvalue weighted by atomic mass is 10.3. The number of methoxy groups -OCH3 is 1. The first-order valence-corrected chi connectivity index (χ1v) is 7.64. The number of aryl methyl sites for hydroxylation is 1. The zero-order chi connectivity index (χ0) is 18.0. The Bertz CT molecular complexity index is 939. The summed E-state index contributed by atoms with van der Waals surface area (Å²) in [4.78, 5) is 14.7. The van der Waals surface area contributed by atoms with Crippen LogP contribution in [0.1, 0.15) is 12.7 Å². The lowest BCUT2D eigenvalue weighted by Gasteiger charge is -2.11. The third-order valence-corrected chi connectivity index (χ3v) is 3.84. The Morgan fingerprint density at radius 3 is 2.76 bits per heavy atom. The summed E-state index contributed by atoms with van der Waals surface area (Å²) in [6, 6.07) is 8.85. The van der Waals surface area contributed by atoms with Crippen LogP contribution in [0.3, 0.4) is 0 Å². The standard InChI is InChI=1S/C17H16FN3O4/c1-3-20-13-6-4-5-12(18)17(13)19-16(20)10-25-15-9-11(21(22)23)7-8-14(15)24-2/h4-9H,3,10H2,1-2H3. The maximum absolute atomic E-state index is 13.9. The fraction of sp³-hybridized carbons (Fsp3) is 0.235. The molecule has 7 nitrogen and oxygen atoms in total. The van der Waals surface area contributed by atoms with Crippen molar-refractivity contribution in [2.24, 2.45) is 0 Å². The van der Waals surface area contributed by atoms with Crippen LogP contribution in [0, 0.1) is 15.9 Å². The van der Waals surface area contributed by atoms with Gasteiger partial charge in [-0.3, -0.25) is 10.1 Å². The molecule has 25 heavy (non-hydrogen) atoms. The molecule has 0 saturated heterocycles. The highest BCUT2D eigenvalue weighted by atomic mass is 19.1. The molecule has 3 aromatic rings. The number of non-ortho nitro benzene ring substituents is 1. The van der Waals surface area contributed by atoms with E-state index in [9.17, 15) is 14.5 Å². The van der Waals surface area contributed by atoms with E-state index in [0.717, 1.165) is 0 Å². The molecule has 0 bridgehead atoms. The van der Waals surface area contributed by atoms with Crippen LogP contribution in [0.5, 0.6) is 11.5 Å². The maximum atomic E-state index is 13.9. The minimum Gasteiger partial charge on any atom is -0.493 e. The number of imidazole rings is 1. The number of nitro benzene ring substituents is 1. The Kier molecular flexibility index (Phi) is 4.51. The van der Waals surface area contributed by atoms with Crippen molar-refractivity contribution in [1.29, 1.82) is 0 Å². The molecule has 0 aliphatic rings. The molecular weight excluding hydrogens is 329 g/mol. The maximum Gasteiger partial charge on any atom is 0.273 e. The van der Waals surface area contributed by atoms with Crippen LogP contribution in [0.25, 0.3) is 11.0 Å². The van der Waals surface area contributed by atoms with Gasteiger partial charge in [-0.1, -0.05) is 6.07 Å². The third-order valence-electron chi connectivity index (χ3n) is 3.84. The van der Waals surface area contributed by atoms with Gasteiger partial charge in [-0.25, -0.2) is 9.37 Å². The average molecular weight is 345 g/mol. The van der Waals surface area contributed by atoms with Gasteiger partial charge in [0.05, 0.1) is 23.6 Å². The van der Waals surface area contributed by atoms with Crippen molar-refractivity contribution >= 4 is 16.7 Å². The van der Waals surface area contributed by atoms with Gasteiger partial charge >= 0.3 is 0 Å². The second-order valence-electron chi connectivity index (χ2n) is 5.26. The van der Waals surface area contributed by atoms with Crippen LogP contribution in [0.2, 0.25) is 0 Å². The lowest BCUT2D eigenvalue weighted by molar-refractivity contribution is -0.385. The summed E-state index contributed by atoms with van der Waals surface area (Å²) in [5, 5.41) is 10.9. The topological polar surface area (TPSA) is 79.4 Å². The van der Waals surface area contributed by atoms with Crippen LogP contribution in [0.15, 0.2) is 36.4 Å². The first-order valence-electron chi connectivity index (χ1n) is 7.64. The van der Waals surface area contributed by atoms with Crippen molar-refractivity contribution in [3.05, 3.63) is 58.2 Å². The molecule has 3 rings (SSSR count). The molecule has 0 unspecified atom stereocenters. The van der Waals surface area contributed by atoms with E-state index in [0.29, 0.717) is 23.6 Å². The second-order valence-corrected chi connectivity index (χ2v) is 5.26. The molecule has 0 aliphatic heterocycles. The number of hydrogen-bond donors (Lipinski definition) is 0. The van der Waals surface area contributed by atoms with E-state index in [2.05, 4.69) is 4.98 Å². The molecular formula is C17H16FN3O4. The number of halogens is 1. The molecule has 0 amide bonds. The number of hydrogen-bond acceptors (Lipinski definition) is 5. The predicted octanol–water partition coefficient (Wildman–Crippen LogP) is 3.69. The number of fused-ring (bicyclic) bond motifs is 1. The summed E-state index contributed by atoms with van der Waals surface area (Å²) in [5.74, 6) is 0.720. The molecule has 130 valence electrons. The number of para-hydroxylation sites is 1. The van der Waals surface area contributed by atoms with E-state index in [1.165, 1.54) is 31.4 Å². The Hall–Kier alpha value is -3.16. The highest BCUT2D eigenvalue weighted by Crippen LogP contribution is 2.32. The van der Waals surface area contributed by atoms with Gasteiger partial charge in [-0.15, -0.1) is 0 Å². The quantitative estimate of drug-likeness (QED) is 0.503. The lowest BCUT2D eigenvalue weighted by Crippen LogP contribution is -2.06. The van der Waals surface area contributed by atoms with Crippen LogP contribution in [0.4, 0.5) is 10.1 Å². The molecule has 0 atom stereocenters. The largest absolute Gasteiger partial charge is 0.493 e. The average Bonchev–Trinajstić information content (AvgIpc) is 2.98. The minimum atomic E-state index is -0.511. The van der Waals surface area contributed by atoms with Crippen molar-refractivity contribution < 1.29 is 18.8 Å². The van der Waals surface area contributed by atoms with Crippen molar-refractivity contribution in [2.45, 2.75) is 20.1 Å². The van der Waals surface area contributed by atoms with Gasteiger partial charge in [-0.05, 0) is 25.1 Å². The van der Waals surface area contributed by atoms with Crippen molar-refractivity contribution in [3.63, 3.8) is 0 Å². The van der Waals surface area contributed by atoms with Gasteiger partial charge in [0.25, 0.3) is 5.69 Å². The van der Waals surface area contributed by atoms with E-state index in [1.807, 2.05) is 11.5 Å². The number of ether oxygens (including phenoxy) is 2. The molecule has 0 saturated carbocycles. The smallest absolute Gasteiger partial charge is 0.273 e. The zero-order valence-corrected chi connectivity index (χ0v) is 13.7. The van der Waals surface area contributed by atoms with Gasteiger partial charge in [0, 0.05) is 12.6 Å². The predicted molar refractivity (Wildman–Crippen MR) is 89.3 cm³/mol. The van der Waals surface area contributed by atoms with E-state index in [1.54, 1.807) is 12.1 Å². The van der Waals surface area contributed by atoms with Gasteiger partial charge < -0.3 is 14.0 Å². The molecule has 0 aliphatic carbocycles. The van der Waals surface area contributed by atoms with Crippen LogP contribution < -0.4 is 9.47 Å². The van der Waals surface area contributed by atoms with Crippen molar-refractivity contribution in [3.8, 4) is 11.5 Å². The molecule has 8 heteroatoms. The van der Waals surface area contributed by atoms with Crippen LogP contribution in [-0.2, 0) is 13.2 Å². The van der Waals surface area contributed by atoms with E-state index < -0.39 is 10.7 Å². The van der Waals surface area contributed by atoms with E-state index in [4.69, 9.17) is 9.47 Å². The first-order chi connectivity index (χ1) is 12.0. The van der Waals surface area contributed by atoms with E-state index in [-0.39, 0.29) is 23.6 Å². The zero-order valence-electron chi connectivity index (χ0n) is 13.7. The third kappa shape index (κ3) is 3.10. The summed E-state index contributed by atoms with van der Waals surface area (Å²) >= 11 is 0. The number of nitrogens with zero attached hydrogens (tertiary/aromatic N) is 3. The highest BCUT2D eigenvalue weighted by molar-refractivity contribution is 5.76. The monoisotopic (exact) mass is 345 g/mol. The molecule has 0 N–H and O–H groups in total. The van der Waals surface area contributed by atoms with Crippen LogP contribution >= 0.6 is 0 Å². The van der Waals surface area contributed by atoms with Gasteiger partial charge in [-0.2, -0.15) is 0 Å². The Morgan fingerprint density at radius 1 is 1.28 bits per heavy atom. The molecule has 1 heterocycles. The molecule has 0 spiro atoms. The molecule has 0 fully saturated rings. The van der Waals surface area contributed by atoms with Crippen molar-refractivity contribution in [2.75, 3.05) is 7.11 Å². The van der Waals surface area contributed by atoms with Gasteiger partial charge in [0.2, 0.25) is 0 Å². The number of rotatable bonds is 6. The SMILES string of the molecule is CCn1c(COc2cc([N+](=O)[O-])ccc2OC)nc2c(F)cccc21. The Morgan fingerprint density at radius 2 is 2.08 bits per heavy atom. The highest BCUT2D eigenvalue weighted by Gasteiger charge is 2.16. The molecule has 1 aromatic heterocycles. The number of benzene rings is 2. The van der Waals surface area contributed by atoms with Crippen LogP contribution in [-0.4, -0.2) is 21.6 Å². The number of nitro groups is 1.